The molecule has 1 aromatic heterocycles. The van der Waals surface area contributed by atoms with E-state index in [1.165, 1.54) is 11.3 Å². The highest BCUT2D eigenvalue weighted by Crippen LogP contribution is 2.42. The van der Waals surface area contributed by atoms with Crippen LogP contribution in [-0.4, -0.2) is 47.9 Å². The van der Waals surface area contributed by atoms with Gasteiger partial charge in [0.05, 0.1) is 19.0 Å². The molecule has 0 aliphatic heterocycles. The molecular weight excluding hydrogens is 423 g/mol. The lowest BCUT2D eigenvalue weighted by atomic mass is 9.80. The predicted molar refractivity (Wildman–Crippen MR) is 122 cm³/mol. The summed E-state index contributed by atoms with van der Waals surface area (Å²) in [6.45, 7) is 2.04. The maximum atomic E-state index is 10.6. The lowest BCUT2D eigenvalue weighted by molar-refractivity contribution is -0.137. The number of thiophene rings is 1. The van der Waals surface area contributed by atoms with Gasteiger partial charge in [0.15, 0.2) is 5.06 Å². The molecule has 0 aromatic carbocycles. The van der Waals surface area contributed by atoms with E-state index in [1.807, 2.05) is 25.2 Å². The van der Waals surface area contributed by atoms with Crippen molar-refractivity contribution in [3.63, 3.8) is 0 Å². The van der Waals surface area contributed by atoms with Crippen molar-refractivity contribution < 1.29 is 24.9 Å². The Kier molecular flexibility index (Phi) is 10.5. The van der Waals surface area contributed by atoms with Gasteiger partial charge in [-0.3, -0.25) is 4.79 Å². The van der Waals surface area contributed by atoms with E-state index in [9.17, 15) is 15.0 Å². The van der Waals surface area contributed by atoms with Crippen LogP contribution in [0.1, 0.15) is 37.0 Å². The number of hydrogen-bond acceptors (Lipinski definition) is 5. The lowest BCUT2D eigenvalue weighted by Crippen LogP contribution is -2.20. The fourth-order valence-electron chi connectivity index (χ4n) is 3.84. The van der Waals surface area contributed by atoms with Crippen LogP contribution in [0.2, 0.25) is 11.3 Å². The summed E-state index contributed by atoms with van der Waals surface area (Å²) in [5, 5.41) is 30.8. The van der Waals surface area contributed by atoms with Crippen molar-refractivity contribution in [3.05, 3.63) is 40.3 Å². The van der Waals surface area contributed by atoms with Crippen LogP contribution in [0.25, 0.3) is 0 Å². The van der Waals surface area contributed by atoms with Crippen molar-refractivity contribution in [1.29, 1.82) is 0 Å². The molecule has 0 saturated heterocycles. The summed E-state index contributed by atoms with van der Waals surface area (Å²) in [4.78, 5) is 11.5. The molecule has 30 heavy (non-hydrogen) atoms. The molecule has 1 fully saturated rings. The highest BCUT2D eigenvalue weighted by Gasteiger charge is 2.39. The van der Waals surface area contributed by atoms with Gasteiger partial charge in [0.25, 0.3) is 0 Å². The Hall–Kier alpha value is -1.28. The molecule has 1 aliphatic carbocycles. The van der Waals surface area contributed by atoms with Gasteiger partial charge in [-0.05, 0) is 50.4 Å². The summed E-state index contributed by atoms with van der Waals surface area (Å²) < 4.78 is 5.61. The molecule has 5 nitrogen and oxygen atoms in total. The third-order valence-corrected chi connectivity index (χ3v) is 6.97. The number of aliphatic carboxylic acids is 1. The predicted octanol–water partition coefficient (Wildman–Crippen LogP) is 4.41. The molecule has 5 atom stereocenters. The summed E-state index contributed by atoms with van der Waals surface area (Å²) in [6, 6.07) is 1.74. The summed E-state index contributed by atoms with van der Waals surface area (Å²) in [7, 11) is 5.91. The van der Waals surface area contributed by atoms with Crippen LogP contribution in [0.5, 0.6) is 5.06 Å². The van der Waals surface area contributed by atoms with Gasteiger partial charge in [-0.25, -0.2) is 0 Å². The number of rotatable bonds is 12. The van der Waals surface area contributed by atoms with Crippen molar-refractivity contribution in [2.75, 3.05) is 6.61 Å². The quantitative estimate of drug-likeness (QED) is 0.248. The van der Waals surface area contributed by atoms with Crippen molar-refractivity contribution >= 4 is 36.8 Å². The number of carboxylic acids is 1. The van der Waals surface area contributed by atoms with E-state index in [0.717, 1.165) is 4.88 Å². The Balaban J connectivity index is 1.88. The number of allylic oxidation sites excluding steroid dienone is 3. The first-order chi connectivity index (χ1) is 14.3. The smallest absolute Gasteiger partial charge is 0.303 e. The average molecular weight is 453 g/mol. The summed E-state index contributed by atoms with van der Waals surface area (Å²) in [5.41, 5.74) is 0. The van der Waals surface area contributed by atoms with Crippen molar-refractivity contribution in [3.8, 4) is 5.06 Å². The highest BCUT2D eigenvalue weighted by molar-refractivity contribution is 7.14. The molecule has 8 heteroatoms. The first-order valence-electron chi connectivity index (χ1n) is 10.3. The van der Waals surface area contributed by atoms with Crippen molar-refractivity contribution in [2.45, 2.75) is 57.6 Å². The van der Waals surface area contributed by atoms with Crippen LogP contribution in [0, 0.1) is 24.7 Å². The number of hydrogen-bond donors (Lipinski definition) is 3. The number of carboxylic acid groups (broad SMARTS) is 1. The Bertz CT molecular complexity index is 716. The summed E-state index contributed by atoms with van der Waals surface area (Å²) in [6.07, 6.45) is 9.74. The molecule has 0 bridgehead atoms. The lowest BCUT2D eigenvalue weighted by Gasteiger charge is -2.21. The maximum absolute atomic E-state index is 10.6. The van der Waals surface area contributed by atoms with Crippen LogP contribution in [0.4, 0.5) is 0 Å². The summed E-state index contributed by atoms with van der Waals surface area (Å²) in [5.74, 6) is -0.530. The number of aryl methyl sites for hydroxylation is 1. The number of unbranched alkanes of at least 4 members (excludes halogenated alkanes) is 1. The minimum Gasteiger partial charge on any atom is -0.481 e. The molecule has 164 valence electrons. The number of halogens is 1. The Morgan fingerprint density at radius 1 is 1.47 bits per heavy atom. The van der Waals surface area contributed by atoms with Crippen LogP contribution in [0.15, 0.2) is 30.4 Å². The van der Waals surface area contributed by atoms with Crippen LogP contribution in [-0.2, 0) is 4.79 Å². The van der Waals surface area contributed by atoms with Crippen LogP contribution in [0.3, 0.4) is 0 Å². The van der Waals surface area contributed by atoms with E-state index >= 15 is 0 Å². The van der Waals surface area contributed by atoms with Crippen molar-refractivity contribution in [2.24, 2.45) is 17.8 Å². The molecule has 1 saturated carbocycles. The number of ether oxygens (including phenoxy) is 1. The number of aliphatic hydroxyl groups is 2. The van der Waals surface area contributed by atoms with Crippen molar-refractivity contribution in [1.82, 2.24) is 0 Å². The second-order valence-electron chi connectivity index (χ2n) is 7.77. The third-order valence-electron chi connectivity index (χ3n) is 5.50. The zero-order chi connectivity index (χ0) is 22.1. The zero-order valence-electron chi connectivity index (χ0n) is 17.2. The standard InChI is InChI=1S/C22H30BClO5S/c1-14-19(24)11-22(30-14)29-13-16(25)8-9-17-15(12-23)10-20(26)18(17)6-4-2-3-5-7-21(27)28/h2,4,8-9,11,15-18,20,25-26H,3,5-7,10,12-13H2,1H3,(H,27,28)/t15-,16+,17-,18+,20?/m0/s1. The molecule has 1 unspecified atom stereocenters. The monoisotopic (exact) mass is 452 g/mol. The second-order valence-corrected chi connectivity index (χ2v) is 9.39. The molecule has 1 aliphatic rings. The molecule has 2 radical (unpaired) electrons. The van der Waals surface area contributed by atoms with Gasteiger partial charge in [0.1, 0.15) is 12.7 Å². The molecule has 0 amide bonds. The Morgan fingerprint density at radius 2 is 2.23 bits per heavy atom. The van der Waals surface area contributed by atoms with Gasteiger partial charge in [-0.15, -0.1) is 11.3 Å². The van der Waals surface area contributed by atoms with Gasteiger partial charge < -0.3 is 20.1 Å². The molecule has 3 N–H and O–H groups in total. The maximum Gasteiger partial charge on any atom is 0.303 e. The van der Waals surface area contributed by atoms with E-state index < -0.39 is 18.2 Å². The van der Waals surface area contributed by atoms with E-state index in [0.29, 0.717) is 42.1 Å². The first-order valence-corrected chi connectivity index (χ1v) is 11.5. The molecular formula is C22H30BClO5S. The molecule has 1 heterocycles. The topological polar surface area (TPSA) is 87.0 Å². The summed E-state index contributed by atoms with van der Waals surface area (Å²) >= 11 is 7.47. The van der Waals surface area contributed by atoms with Crippen LogP contribution < -0.4 is 4.74 Å². The van der Waals surface area contributed by atoms with E-state index in [1.54, 1.807) is 12.1 Å². The van der Waals surface area contributed by atoms with E-state index in [4.69, 9.17) is 29.3 Å². The minimum absolute atomic E-state index is 0.0254. The highest BCUT2D eigenvalue weighted by atomic mass is 35.5. The fourth-order valence-corrected chi connectivity index (χ4v) is 4.88. The van der Waals surface area contributed by atoms with Gasteiger partial charge in [-0.1, -0.05) is 42.2 Å². The first kappa shape index (κ1) is 25.0. The molecule has 0 spiro atoms. The van der Waals surface area contributed by atoms with E-state index in [2.05, 4.69) is 0 Å². The molecule has 2 rings (SSSR count). The Labute approximate surface area is 188 Å². The SMILES string of the molecule is [B]C[C@@H]1CC(O)[C@H](CC=CCCCC(=O)O)[C@H]1C=C[C@@H](O)COc1cc(Cl)c(C)s1. The second kappa shape index (κ2) is 12.5. The van der Waals surface area contributed by atoms with Gasteiger partial charge in [0, 0.05) is 17.4 Å². The normalized spacial score (nSPS) is 25.3. The van der Waals surface area contributed by atoms with Gasteiger partial charge >= 0.3 is 5.97 Å². The minimum atomic E-state index is -0.787. The number of carbonyl (C=O) groups is 1. The number of aliphatic hydroxyl groups excluding tert-OH is 2. The zero-order valence-corrected chi connectivity index (χ0v) is 18.8. The van der Waals surface area contributed by atoms with Gasteiger partial charge in [0.2, 0.25) is 0 Å². The van der Waals surface area contributed by atoms with Crippen LogP contribution >= 0.6 is 22.9 Å². The Morgan fingerprint density at radius 3 is 2.87 bits per heavy atom. The fraction of sp³-hybridized carbons (Fsp3) is 0.591. The van der Waals surface area contributed by atoms with Gasteiger partial charge in [-0.2, -0.15) is 0 Å². The average Bonchev–Trinajstić information content (AvgIpc) is 3.19. The third kappa shape index (κ3) is 7.76. The largest absolute Gasteiger partial charge is 0.481 e. The molecule has 1 aromatic rings. The van der Waals surface area contributed by atoms with E-state index in [-0.39, 0.29) is 30.8 Å².